The number of hydrogen-bond donors (Lipinski definition) is 1. The number of hydrogen-bond acceptors (Lipinski definition) is 5. The van der Waals surface area contributed by atoms with Crippen LogP contribution in [-0.4, -0.2) is 50.6 Å². The Kier molecular flexibility index (Phi) is 4.26. The normalized spacial score (nSPS) is 16.2. The zero-order valence-electron chi connectivity index (χ0n) is 13.8. The first-order valence-electron chi connectivity index (χ1n) is 7.64. The molecule has 0 spiro atoms. The molecule has 1 atom stereocenters. The molecule has 0 radical (unpaired) electrons. The monoisotopic (exact) mass is 343 g/mol. The number of amides is 1. The number of rotatable bonds is 3. The quantitative estimate of drug-likeness (QED) is 0.830. The molecule has 8 nitrogen and oxygen atoms in total. The number of methoxy groups -OCH3 is 1. The fourth-order valence-corrected chi connectivity index (χ4v) is 3.01. The van der Waals surface area contributed by atoms with Crippen molar-refractivity contribution in [1.29, 1.82) is 0 Å². The first-order chi connectivity index (χ1) is 11.9. The number of aromatic nitrogens is 2. The average Bonchev–Trinajstić information content (AvgIpc) is 2.99. The molecule has 1 aromatic carbocycles. The van der Waals surface area contributed by atoms with Gasteiger partial charge in [0.25, 0.3) is 5.91 Å². The molecule has 1 aromatic heterocycles. The second kappa shape index (κ2) is 6.39. The Morgan fingerprint density at radius 2 is 1.92 bits per heavy atom. The van der Waals surface area contributed by atoms with Gasteiger partial charge in [-0.25, -0.2) is 14.6 Å². The Morgan fingerprint density at radius 3 is 2.56 bits per heavy atom. The number of fused-ring (bicyclic) bond motifs is 1. The van der Waals surface area contributed by atoms with E-state index >= 15 is 0 Å². The van der Waals surface area contributed by atoms with Gasteiger partial charge < -0.3 is 19.3 Å². The molecule has 0 unspecified atom stereocenters. The number of carbonyl (C=O) groups is 3. The van der Waals surface area contributed by atoms with E-state index in [-0.39, 0.29) is 24.1 Å². The number of benzene rings is 1. The van der Waals surface area contributed by atoms with Crippen molar-refractivity contribution in [3.05, 3.63) is 53.1 Å². The Balaban J connectivity index is 2.04. The summed E-state index contributed by atoms with van der Waals surface area (Å²) in [7, 11) is 3.06. The van der Waals surface area contributed by atoms with Crippen molar-refractivity contribution in [3.8, 4) is 0 Å². The first kappa shape index (κ1) is 16.7. The van der Waals surface area contributed by atoms with Crippen molar-refractivity contribution in [2.24, 2.45) is 7.05 Å². The van der Waals surface area contributed by atoms with E-state index in [2.05, 4.69) is 4.98 Å². The third-order valence-corrected chi connectivity index (χ3v) is 4.35. The molecule has 1 aliphatic heterocycles. The Labute approximate surface area is 143 Å². The van der Waals surface area contributed by atoms with Crippen LogP contribution in [0.1, 0.15) is 32.1 Å². The maximum Gasteiger partial charge on any atom is 0.336 e. The summed E-state index contributed by atoms with van der Waals surface area (Å²) in [5.41, 5.74) is 1.47. The second-order valence-corrected chi connectivity index (χ2v) is 5.78. The third-order valence-electron chi connectivity index (χ3n) is 4.35. The molecule has 0 saturated heterocycles. The number of aromatic carboxylic acids is 1. The number of aryl methyl sites for hydroxylation is 1. The van der Waals surface area contributed by atoms with Crippen LogP contribution in [0.3, 0.4) is 0 Å². The first-order valence-corrected chi connectivity index (χ1v) is 7.64. The van der Waals surface area contributed by atoms with Crippen LogP contribution in [0.15, 0.2) is 30.6 Å². The highest BCUT2D eigenvalue weighted by atomic mass is 16.5. The van der Waals surface area contributed by atoms with Crippen LogP contribution < -0.4 is 0 Å². The van der Waals surface area contributed by atoms with Crippen molar-refractivity contribution in [1.82, 2.24) is 14.5 Å². The molecule has 1 N–H and O–H groups in total. The van der Waals surface area contributed by atoms with Crippen molar-refractivity contribution in [2.75, 3.05) is 7.11 Å². The lowest BCUT2D eigenvalue weighted by molar-refractivity contribution is -0.146. The molecular formula is C17H17N3O5. The van der Waals surface area contributed by atoms with Crippen molar-refractivity contribution < 1.29 is 24.2 Å². The standard InChI is InChI=1S/C17H17N3O5/c1-19-9-18-12-7-13(17(24)25-2)20(8-14(12)19)15(21)10-5-3-4-6-11(10)16(22)23/h3-6,9,13H,7-8H2,1-2H3,(H,22,23)/t13-/m0/s1. The molecule has 3 rings (SSSR count). The molecule has 0 fully saturated rings. The zero-order chi connectivity index (χ0) is 18.1. The van der Waals surface area contributed by atoms with Gasteiger partial charge in [0.15, 0.2) is 0 Å². The number of imidazole rings is 1. The van der Waals surface area contributed by atoms with Gasteiger partial charge in [-0.15, -0.1) is 0 Å². The van der Waals surface area contributed by atoms with Gasteiger partial charge >= 0.3 is 11.9 Å². The molecule has 25 heavy (non-hydrogen) atoms. The van der Waals surface area contributed by atoms with Crippen molar-refractivity contribution in [3.63, 3.8) is 0 Å². The maximum atomic E-state index is 13.0. The van der Waals surface area contributed by atoms with Crippen LogP contribution in [0.4, 0.5) is 0 Å². The molecule has 0 saturated carbocycles. The lowest BCUT2D eigenvalue weighted by Crippen LogP contribution is -2.49. The van der Waals surface area contributed by atoms with E-state index in [9.17, 15) is 19.5 Å². The van der Waals surface area contributed by atoms with Crippen molar-refractivity contribution in [2.45, 2.75) is 19.0 Å². The van der Waals surface area contributed by atoms with Gasteiger partial charge in [0.05, 0.1) is 42.5 Å². The summed E-state index contributed by atoms with van der Waals surface area (Å²) in [5.74, 6) is -2.28. The molecule has 8 heteroatoms. The minimum atomic E-state index is -1.20. The predicted molar refractivity (Wildman–Crippen MR) is 86.0 cm³/mol. The topological polar surface area (TPSA) is 102 Å². The molecule has 0 aliphatic carbocycles. The molecular weight excluding hydrogens is 326 g/mol. The number of esters is 1. The van der Waals surface area contributed by atoms with Gasteiger partial charge in [0, 0.05) is 13.5 Å². The van der Waals surface area contributed by atoms with Crippen LogP contribution in [0.25, 0.3) is 0 Å². The number of carbonyl (C=O) groups excluding carboxylic acids is 2. The average molecular weight is 343 g/mol. The van der Waals surface area contributed by atoms with Crippen LogP contribution in [0.5, 0.6) is 0 Å². The summed E-state index contributed by atoms with van der Waals surface area (Å²) in [4.78, 5) is 42.2. The Morgan fingerprint density at radius 1 is 1.24 bits per heavy atom. The summed E-state index contributed by atoms with van der Waals surface area (Å²) < 4.78 is 6.61. The van der Waals surface area contributed by atoms with Gasteiger partial charge in [-0.05, 0) is 12.1 Å². The minimum Gasteiger partial charge on any atom is -0.478 e. The number of carboxylic acids is 1. The summed E-state index contributed by atoms with van der Waals surface area (Å²) in [5, 5.41) is 9.33. The molecule has 2 heterocycles. The van der Waals surface area contributed by atoms with Crippen LogP contribution in [0.2, 0.25) is 0 Å². The summed E-state index contributed by atoms with van der Waals surface area (Å²) >= 11 is 0. The lowest BCUT2D eigenvalue weighted by Gasteiger charge is -2.34. The summed E-state index contributed by atoms with van der Waals surface area (Å²) in [6.45, 7) is 0.151. The largest absolute Gasteiger partial charge is 0.478 e. The Bertz CT molecular complexity index is 858. The van der Waals surface area contributed by atoms with Crippen LogP contribution >= 0.6 is 0 Å². The molecule has 130 valence electrons. The summed E-state index contributed by atoms with van der Waals surface area (Å²) in [6.07, 6.45) is 1.85. The van der Waals surface area contributed by atoms with E-state index in [1.165, 1.54) is 24.1 Å². The van der Waals surface area contributed by atoms with Crippen molar-refractivity contribution >= 4 is 17.8 Å². The number of ether oxygens (including phenoxy) is 1. The highest BCUT2D eigenvalue weighted by molar-refractivity contribution is 6.05. The SMILES string of the molecule is COC(=O)[C@@H]1Cc2ncn(C)c2CN1C(=O)c1ccccc1C(=O)O. The molecule has 1 aliphatic rings. The van der Waals surface area contributed by atoms with Crippen LogP contribution in [-0.2, 0) is 29.5 Å². The van der Waals surface area contributed by atoms with E-state index in [1.54, 1.807) is 30.1 Å². The van der Waals surface area contributed by atoms with Gasteiger partial charge in [-0.3, -0.25) is 4.79 Å². The Hall–Kier alpha value is -3.16. The fraction of sp³-hybridized carbons (Fsp3) is 0.294. The number of nitrogens with zero attached hydrogens (tertiary/aromatic N) is 3. The maximum absolute atomic E-state index is 13.0. The van der Waals surface area contributed by atoms with Crippen LogP contribution in [0, 0.1) is 0 Å². The highest BCUT2D eigenvalue weighted by Gasteiger charge is 2.38. The predicted octanol–water partition coefficient (Wildman–Crippen LogP) is 0.858. The van der Waals surface area contributed by atoms with E-state index < -0.39 is 23.9 Å². The number of carboxylic acid groups (broad SMARTS) is 1. The van der Waals surface area contributed by atoms with E-state index in [0.717, 1.165) is 11.4 Å². The van der Waals surface area contributed by atoms with Gasteiger partial charge in [0.2, 0.25) is 0 Å². The highest BCUT2D eigenvalue weighted by Crippen LogP contribution is 2.25. The second-order valence-electron chi connectivity index (χ2n) is 5.78. The molecule has 2 aromatic rings. The third kappa shape index (κ3) is 2.86. The summed E-state index contributed by atoms with van der Waals surface area (Å²) in [6, 6.07) is 5.10. The molecule has 1 amide bonds. The van der Waals surface area contributed by atoms with E-state index in [1.807, 2.05) is 0 Å². The smallest absolute Gasteiger partial charge is 0.336 e. The molecule has 0 bridgehead atoms. The fourth-order valence-electron chi connectivity index (χ4n) is 3.01. The zero-order valence-corrected chi connectivity index (χ0v) is 13.8. The van der Waals surface area contributed by atoms with E-state index in [4.69, 9.17) is 4.74 Å². The van der Waals surface area contributed by atoms with Gasteiger partial charge in [-0.2, -0.15) is 0 Å². The van der Waals surface area contributed by atoms with E-state index in [0.29, 0.717) is 0 Å². The van der Waals surface area contributed by atoms with Gasteiger partial charge in [-0.1, -0.05) is 12.1 Å². The minimum absolute atomic E-state index is 0.0366. The van der Waals surface area contributed by atoms with Gasteiger partial charge in [0.1, 0.15) is 6.04 Å². The lowest BCUT2D eigenvalue weighted by atomic mass is 9.99.